The highest BCUT2D eigenvalue weighted by Gasteiger charge is 2.27. The van der Waals surface area contributed by atoms with Crippen molar-refractivity contribution in [2.75, 3.05) is 0 Å². The number of carboxylic acids is 1. The predicted octanol–water partition coefficient (Wildman–Crippen LogP) is 3.28. The molecule has 21 heavy (non-hydrogen) atoms. The third-order valence-electron chi connectivity index (χ3n) is 3.61. The largest absolute Gasteiger partial charge is 0.481 e. The van der Waals surface area contributed by atoms with Crippen molar-refractivity contribution < 1.29 is 14.7 Å². The maximum Gasteiger partial charge on any atom is 0.311 e. The highest BCUT2D eigenvalue weighted by Crippen LogP contribution is 2.43. The summed E-state index contributed by atoms with van der Waals surface area (Å²) in [7, 11) is 0. The van der Waals surface area contributed by atoms with Crippen LogP contribution in [0.3, 0.4) is 0 Å². The Labute approximate surface area is 122 Å². The van der Waals surface area contributed by atoms with Crippen LogP contribution in [0, 0.1) is 0 Å². The second-order valence-electron chi connectivity index (χ2n) is 5.28. The molecular formula is C17H15NO3. The van der Waals surface area contributed by atoms with E-state index in [0.717, 1.165) is 29.7 Å². The first-order chi connectivity index (χ1) is 10.1. The van der Waals surface area contributed by atoms with Gasteiger partial charge in [0.05, 0.1) is 5.69 Å². The molecule has 106 valence electrons. The van der Waals surface area contributed by atoms with Crippen LogP contribution in [0.4, 0.5) is 0 Å². The number of carboxylic acid groups (broad SMARTS) is 1. The van der Waals surface area contributed by atoms with Gasteiger partial charge in [-0.05, 0) is 30.5 Å². The van der Waals surface area contributed by atoms with E-state index < -0.39 is 12.4 Å². The molecule has 1 fully saturated rings. The maximum atomic E-state index is 11.9. The number of aromatic nitrogens is 1. The second-order valence-corrected chi connectivity index (χ2v) is 5.28. The summed E-state index contributed by atoms with van der Waals surface area (Å²) in [5.74, 6) is -0.966. The fraction of sp³-hybridized carbons (Fsp3) is 0.235. The van der Waals surface area contributed by atoms with Crippen molar-refractivity contribution in [1.29, 1.82) is 0 Å². The van der Waals surface area contributed by atoms with Crippen LogP contribution in [0.2, 0.25) is 0 Å². The molecule has 0 radical (unpaired) electrons. The van der Waals surface area contributed by atoms with Gasteiger partial charge in [0.1, 0.15) is 6.42 Å². The number of rotatable bonds is 5. The number of benzene rings is 1. The Morgan fingerprint density at radius 3 is 2.71 bits per heavy atom. The lowest BCUT2D eigenvalue weighted by Gasteiger charge is -2.09. The first kappa shape index (κ1) is 13.5. The molecule has 4 nitrogen and oxygen atoms in total. The van der Waals surface area contributed by atoms with Gasteiger partial charge in [0, 0.05) is 23.2 Å². The van der Waals surface area contributed by atoms with E-state index in [-0.39, 0.29) is 5.78 Å². The third-order valence-corrected chi connectivity index (χ3v) is 3.61. The van der Waals surface area contributed by atoms with Crippen molar-refractivity contribution in [2.24, 2.45) is 0 Å². The first-order valence-electron chi connectivity index (χ1n) is 6.95. The molecule has 0 saturated heterocycles. The lowest BCUT2D eigenvalue weighted by atomic mass is 9.98. The Hall–Kier alpha value is -2.49. The fourth-order valence-electron chi connectivity index (χ4n) is 2.44. The van der Waals surface area contributed by atoms with E-state index in [1.54, 1.807) is 24.4 Å². The molecule has 0 aliphatic heterocycles. The number of pyridine rings is 1. The summed E-state index contributed by atoms with van der Waals surface area (Å²) < 4.78 is 0. The molecule has 2 aromatic rings. The molecule has 0 amide bonds. The van der Waals surface area contributed by atoms with Gasteiger partial charge in [-0.25, -0.2) is 0 Å². The molecule has 1 heterocycles. The lowest BCUT2D eigenvalue weighted by molar-refractivity contribution is -0.135. The summed E-state index contributed by atoms with van der Waals surface area (Å²) in [4.78, 5) is 27.0. The number of hydrogen-bond acceptors (Lipinski definition) is 3. The molecule has 0 spiro atoms. The highest BCUT2D eigenvalue weighted by atomic mass is 16.4. The molecule has 0 atom stereocenters. The van der Waals surface area contributed by atoms with Crippen molar-refractivity contribution in [1.82, 2.24) is 4.98 Å². The van der Waals surface area contributed by atoms with Gasteiger partial charge in [0.2, 0.25) is 0 Å². The first-order valence-corrected chi connectivity index (χ1v) is 6.95. The topological polar surface area (TPSA) is 67.3 Å². The monoisotopic (exact) mass is 281 g/mol. The van der Waals surface area contributed by atoms with Gasteiger partial charge in [-0.1, -0.05) is 24.3 Å². The summed E-state index contributed by atoms with van der Waals surface area (Å²) in [6.45, 7) is 0. The molecule has 4 heteroatoms. The zero-order chi connectivity index (χ0) is 14.8. The smallest absolute Gasteiger partial charge is 0.311 e. The minimum Gasteiger partial charge on any atom is -0.481 e. The number of Topliss-reactive ketones (excluding diaryl/α,β-unsaturated/α-hetero) is 1. The van der Waals surface area contributed by atoms with E-state index in [9.17, 15) is 9.59 Å². The van der Waals surface area contributed by atoms with Gasteiger partial charge in [-0.2, -0.15) is 0 Å². The summed E-state index contributed by atoms with van der Waals surface area (Å²) in [6, 6.07) is 11.0. The minimum atomic E-state index is -1.11. The van der Waals surface area contributed by atoms with E-state index in [0.29, 0.717) is 11.5 Å². The third kappa shape index (κ3) is 2.99. The quantitative estimate of drug-likeness (QED) is 0.674. The van der Waals surface area contributed by atoms with Crippen LogP contribution >= 0.6 is 0 Å². The number of ketones is 1. The zero-order valence-electron chi connectivity index (χ0n) is 11.5. The van der Waals surface area contributed by atoms with Gasteiger partial charge in [-0.15, -0.1) is 0 Å². The van der Waals surface area contributed by atoms with Crippen molar-refractivity contribution in [3.63, 3.8) is 0 Å². The van der Waals surface area contributed by atoms with Crippen LogP contribution in [0.25, 0.3) is 11.1 Å². The Balaban J connectivity index is 1.96. The van der Waals surface area contributed by atoms with Gasteiger partial charge in [0.15, 0.2) is 5.78 Å². The van der Waals surface area contributed by atoms with E-state index >= 15 is 0 Å². The Morgan fingerprint density at radius 1 is 1.19 bits per heavy atom. The standard InChI is InChI=1S/C17H15NO3/c19-15(10-16(20)21)13-4-1-3-12(9-13)14-5-2-8-18-17(14)11-6-7-11/h1-5,8-9,11H,6-7,10H2,(H,20,21). The number of nitrogens with zero attached hydrogens (tertiary/aromatic N) is 1. The van der Waals surface area contributed by atoms with Gasteiger partial charge >= 0.3 is 5.97 Å². The van der Waals surface area contributed by atoms with Gasteiger partial charge < -0.3 is 5.11 Å². The Kier molecular flexibility index (Phi) is 3.52. The Morgan fingerprint density at radius 2 is 2.00 bits per heavy atom. The molecule has 1 aliphatic rings. The van der Waals surface area contributed by atoms with Crippen LogP contribution < -0.4 is 0 Å². The molecule has 1 aromatic carbocycles. The fourth-order valence-corrected chi connectivity index (χ4v) is 2.44. The molecule has 1 aliphatic carbocycles. The highest BCUT2D eigenvalue weighted by molar-refractivity contribution is 6.06. The molecule has 1 saturated carbocycles. The predicted molar refractivity (Wildman–Crippen MR) is 78.2 cm³/mol. The van der Waals surface area contributed by atoms with Crippen molar-refractivity contribution in [2.45, 2.75) is 25.2 Å². The SMILES string of the molecule is O=C(O)CC(=O)c1cccc(-c2cccnc2C2CC2)c1. The number of aliphatic carboxylic acids is 1. The molecule has 1 N–H and O–H groups in total. The molecule has 0 bridgehead atoms. The minimum absolute atomic E-state index is 0.374. The number of carbonyl (C=O) groups excluding carboxylic acids is 1. The summed E-state index contributed by atoms with van der Waals surface area (Å²) >= 11 is 0. The van der Waals surface area contributed by atoms with Crippen LogP contribution in [0.1, 0.15) is 41.2 Å². The van der Waals surface area contributed by atoms with Crippen LogP contribution in [-0.2, 0) is 4.79 Å². The van der Waals surface area contributed by atoms with Crippen molar-refractivity contribution in [3.05, 3.63) is 53.9 Å². The normalized spacial score (nSPS) is 13.9. The lowest BCUT2D eigenvalue weighted by Crippen LogP contribution is -2.07. The molecular weight excluding hydrogens is 266 g/mol. The summed E-state index contributed by atoms with van der Waals surface area (Å²) in [6.07, 6.45) is 3.62. The van der Waals surface area contributed by atoms with Crippen molar-refractivity contribution in [3.8, 4) is 11.1 Å². The number of carbonyl (C=O) groups is 2. The Bertz CT molecular complexity index is 705. The average Bonchev–Trinajstić information content (AvgIpc) is 3.31. The van der Waals surface area contributed by atoms with E-state index in [2.05, 4.69) is 4.98 Å². The van der Waals surface area contributed by atoms with Crippen LogP contribution in [0.15, 0.2) is 42.6 Å². The average molecular weight is 281 g/mol. The van der Waals surface area contributed by atoms with Crippen molar-refractivity contribution >= 4 is 11.8 Å². The van der Waals surface area contributed by atoms with E-state index in [4.69, 9.17) is 5.11 Å². The van der Waals surface area contributed by atoms with Crippen LogP contribution in [0.5, 0.6) is 0 Å². The summed E-state index contributed by atoms with van der Waals surface area (Å²) in [5.41, 5.74) is 3.45. The van der Waals surface area contributed by atoms with Crippen LogP contribution in [-0.4, -0.2) is 21.8 Å². The summed E-state index contributed by atoms with van der Waals surface area (Å²) in [5, 5.41) is 8.73. The molecule has 3 rings (SSSR count). The molecule has 0 unspecified atom stereocenters. The second kappa shape index (κ2) is 5.48. The van der Waals surface area contributed by atoms with E-state index in [1.807, 2.05) is 18.2 Å². The van der Waals surface area contributed by atoms with Gasteiger partial charge in [0.25, 0.3) is 0 Å². The zero-order valence-corrected chi connectivity index (χ0v) is 11.5. The van der Waals surface area contributed by atoms with E-state index in [1.165, 1.54) is 0 Å². The molecule has 1 aromatic heterocycles. The maximum absolute atomic E-state index is 11.9. The van der Waals surface area contributed by atoms with Gasteiger partial charge in [-0.3, -0.25) is 14.6 Å². The number of hydrogen-bond donors (Lipinski definition) is 1.